The zero-order valence-corrected chi connectivity index (χ0v) is 10.7. The van der Waals surface area contributed by atoms with Crippen LogP contribution in [0.5, 0.6) is 0 Å². The summed E-state index contributed by atoms with van der Waals surface area (Å²) in [4.78, 5) is 8.53. The number of rotatable bonds is 4. The molecule has 0 saturated heterocycles. The monoisotopic (exact) mass is 260 g/mol. The summed E-state index contributed by atoms with van der Waals surface area (Å²) in [5.41, 5.74) is 0.758. The first kappa shape index (κ1) is 11.1. The number of nitrogens with one attached hydrogen (secondary N) is 1. The molecule has 0 unspecified atom stereocenters. The predicted octanol–water partition coefficient (Wildman–Crippen LogP) is 1.54. The van der Waals surface area contributed by atoms with Crippen LogP contribution in [0.1, 0.15) is 10.8 Å². The average Bonchev–Trinajstić information content (AvgIpc) is 3.01. The maximum Gasteiger partial charge on any atom is 0.203 e. The van der Waals surface area contributed by atoms with Gasteiger partial charge in [-0.15, -0.1) is 21.5 Å². The maximum absolute atomic E-state index is 4.29. The minimum Gasteiger partial charge on any atom is -0.366 e. The van der Waals surface area contributed by atoms with Crippen LogP contribution in [0, 0.1) is 6.92 Å². The number of hydrogen-bond acceptors (Lipinski definition) is 6. The molecule has 0 aromatic carbocycles. The summed E-state index contributed by atoms with van der Waals surface area (Å²) >= 11 is 1.66. The summed E-state index contributed by atoms with van der Waals surface area (Å²) in [6, 6.07) is 0. The topological polar surface area (TPSA) is 68.0 Å². The summed E-state index contributed by atoms with van der Waals surface area (Å²) in [5, 5.41) is 14.5. The minimum absolute atomic E-state index is 0.758. The molecule has 3 aromatic rings. The van der Waals surface area contributed by atoms with Crippen LogP contribution in [-0.4, -0.2) is 31.1 Å². The third-order valence-electron chi connectivity index (χ3n) is 2.61. The normalized spacial score (nSPS) is 10.9. The number of anilines is 1. The van der Waals surface area contributed by atoms with Crippen LogP contribution in [0.3, 0.4) is 0 Å². The van der Waals surface area contributed by atoms with E-state index in [2.05, 4.69) is 25.5 Å². The molecular weight excluding hydrogens is 248 g/mol. The first-order valence-electron chi connectivity index (χ1n) is 5.63. The Morgan fingerprint density at radius 3 is 3.06 bits per heavy atom. The van der Waals surface area contributed by atoms with Crippen molar-refractivity contribution in [3.63, 3.8) is 0 Å². The molecule has 0 aliphatic heterocycles. The second-order valence-corrected chi connectivity index (χ2v) is 4.80. The lowest BCUT2D eigenvalue weighted by Gasteiger charge is -2.04. The number of hydrogen-bond donors (Lipinski definition) is 1. The Hall–Kier alpha value is -2.02. The van der Waals surface area contributed by atoms with Crippen molar-refractivity contribution in [3.05, 3.63) is 34.8 Å². The van der Waals surface area contributed by atoms with Crippen LogP contribution < -0.4 is 5.32 Å². The van der Waals surface area contributed by atoms with Gasteiger partial charge in [0.05, 0.1) is 5.01 Å². The third kappa shape index (κ3) is 2.04. The van der Waals surface area contributed by atoms with Gasteiger partial charge in [-0.05, 0) is 6.92 Å². The van der Waals surface area contributed by atoms with Gasteiger partial charge >= 0.3 is 0 Å². The fraction of sp³-hybridized carbons (Fsp3) is 0.273. The quantitative estimate of drug-likeness (QED) is 0.770. The lowest BCUT2D eigenvalue weighted by molar-refractivity contribution is 0.977. The van der Waals surface area contributed by atoms with Crippen molar-refractivity contribution in [1.82, 2.24) is 24.6 Å². The Labute approximate surface area is 108 Å². The highest BCUT2D eigenvalue weighted by atomic mass is 32.1. The van der Waals surface area contributed by atoms with Crippen LogP contribution in [-0.2, 0) is 6.42 Å². The maximum atomic E-state index is 4.29. The molecule has 6 nitrogen and oxygen atoms in total. The Bertz CT molecular complexity index is 645. The number of nitrogens with zero attached hydrogens (tertiary/aromatic N) is 5. The third-order valence-corrected chi connectivity index (χ3v) is 3.45. The van der Waals surface area contributed by atoms with Crippen molar-refractivity contribution in [2.24, 2.45) is 0 Å². The molecule has 0 radical (unpaired) electrons. The smallest absolute Gasteiger partial charge is 0.203 e. The molecule has 7 heteroatoms. The van der Waals surface area contributed by atoms with E-state index in [0.29, 0.717) is 0 Å². The van der Waals surface area contributed by atoms with E-state index in [1.54, 1.807) is 17.5 Å². The zero-order chi connectivity index (χ0) is 12.4. The van der Waals surface area contributed by atoms with Crippen LogP contribution in [0.4, 0.5) is 5.82 Å². The van der Waals surface area contributed by atoms with E-state index >= 15 is 0 Å². The van der Waals surface area contributed by atoms with Crippen LogP contribution >= 0.6 is 11.3 Å². The molecule has 92 valence electrons. The van der Waals surface area contributed by atoms with E-state index in [1.165, 1.54) is 0 Å². The number of aryl methyl sites for hydroxylation is 1. The van der Waals surface area contributed by atoms with Gasteiger partial charge in [0.25, 0.3) is 0 Å². The first-order valence-corrected chi connectivity index (χ1v) is 6.51. The van der Waals surface area contributed by atoms with Crippen molar-refractivity contribution in [3.8, 4) is 0 Å². The van der Waals surface area contributed by atoms with Gasteiger partial charge in [-0.25, -0.2) is 9.97 Å². The predicted molar refractivity (Wildman–Crippen MR) is 69.8 cm³/mol. The van der Waals surface area contributed by atoms with Gasteiger partial charge < -0.3 is 5.32 Å². The van der Waals surface area contributed by atoms with Crippen molar-refractivity contribution < 1.29 is 0 Å². The molecule has 1 N–H and O–H groups in total. The van der Waals surface area contributed by atoms with Gasteiger partial charge in [0.15, 0.2) is 5.82 Å². The molecular formula is C11H12N6S. The van der Waals surface area contributed by atoms with E-state index in [-0.39, 0.29) is 0 Å². The van der Waals surface area contributed by atoms with E-state index in [9.17, 15) is 0 Å². The van der Waals surface area contributed by atoms with Crippen LogP contribution in [0.15, 0.2) is 24.0 Å². The van der Waals surface area contributed by atoms with E-state index in [1.807, 2.05) is 29.1 Å². The fourth-order valence-electron chi connectivity index (χ4n) is 1.73. The van der Waals surface area contributed by atoms with Crippen molar-refractivity contribution in [1.29, 1.82) is 0 Å². The number of fused-ring (bicyclic) bond motifs is 1. The molecule has 0 bridgehead atoms. The zero-order valence-electron chi connectivity index (χ0n) is 9.87. The van der Waals surface area contributed by atoms with E-state index in [0.717, 1.165) is 35.3 Å². The Morgan fingerprint density at radius 1 is 1.28 bits per heavy atom. The summed E-state index contributed by atoms with van der Waals surface area (Å²) < 4.78 is 1.92. The van der Waals surface area contributed by atoms with Gasteiger partial charge in [0.2, 0.25) is 5.65 Å². The summed E-state index contributed by atoms with van der Waals surface area (Å²) in [6.45, 7) is 2.70. The van der Waals surface area contributed by atoms with Gasteiger partial charge in [-0.1, -0.05) is 0 Å². The largest absolute Gasteiger partial charge is 0.366 e. The highest BCUT2D eigenvalue weighted by Crippen LogP contribution is 2.12. The molecule has 0 aliphatic rings. The van der Waals surface area contributed by atoms with Gasteiger partial charge in [0, 0.05) is 36.9 Å². The summed E-state index contributed by atoms with van der Waals surface area (Å²) in [6.07, 6.45) is 6.31. The first-order chi connectivity index (χ1) is 8.84. The van der Waals surface area contributed by atoms with Crippen LogP contribution in [0.25, 0.3) is 5.65 Å². The molecule has 0 spiro atoms. The Morgan fingerprint density at radius 2 is 2.22 bits per heavy atom. The summed E-state index contributed by atoms with van der Waals surface area (Å²) in [5.74, 6) is 1.62. The second-order valence-electron chi connectivity index (χ2n) is 3.82. The van der Waals surface area contributed by atoms with Crippen molar-refractivity contribution in [2.75, 3.05) is 11.9 Å². The number of thiazole rings is 1. The minimum atomic E-state index is 0.758. The highest BCUT2D eigenvalue weighted by Gasteiger charge is 2.06. The molecule has 0 fully saturated rings. The van der Waals surface area contributed by atoms with E-state index < -0.39 is 0 Å². The molecule has 0 amide bonds. The molecule has 0 saturated carbocycles. The lowest BCUT2D eigenvalue weighted by atomic mass is 10.4. The number of aromatic nitrogens is 5. The molecule has 3 rings (SSSR count). The van der Waals surface area contributed by atoms with Gasteiger partial charge in [-0.3, -0.25) is 4.40 Å². The summed E-state index contributed by atoms with van der Waals surface area (Å²) in [7, 11) is 0. The molecule has 18 heavy (non-hydrogen) atoms. The molecule has 3 heterocycles. The van der Waals surface area contributed by atoms with Crippen molar-refractivity contribution in [2.45, 2.75) is 13.3 Å². The average molecular weight is 260 g/mol. The van der Waals surface area contributed by atoms with Gasteiger partial charge in [0.1, 0.15) is 5.82 Å². The van der Waals surface area contributed by atoms with Crippen molar-refractivity contribution >= 4 is 22.8 Å². The molecule has 3 aromatic heterocycles. The Kier molecular flexibility index (Phi) is 2.89. The Balaban J connectivity index is 1.74. The highest BCUT2D eigenvalue weighted by molar-refractivity contribution is 7.09. The second kappa shape index (κ2) is 4.69. The SMILES string of the molecule is Cc1nnc2c(NCCc3nccs3)nccn12. The molecule has 0 atom stereocenters. The molecule has 0 aliphatic carbocycles. The lowest BCUT2D eigenvalue weighted by Crippen LogP contribution is -2.07. The fourth-order valence-corrected chi connectivity index (χ4v) is 2.35. The van der Waals surface area contributed by atoms with Gasteiger partial charge in [-0.2, -0.15) is 0 Å². The van der Waals surface area contributed by atoms with Crippen LogP contribution in [0.2, 0.25) is 0 Å². The standard InChI is InChI=1S/C11H12N6S/c1-8-15-16-11-10(14-4-6-17(8)11)13-3-2-9-12-5-7-18-9/h4-7H,2-3H2,1H3,(H,13,14). The van der Waals surface area contributed by atoms with E-state index in [4.69, 9.17) is 0 Å².